The summed E-state index contributed by atoms with van der Waals surface area (Å²) in [6.45, 7) is 1.48. The maximum atomic E-state index is 12.0. The summed E-state index contributed by atoms with van der Waals surface area (Å²) < 4.78 is 16.7. The molecule has 6 heteroatoms. The highest BCUT2D eigenvalue weighted by molar-refractivity contribution is 8.73. The second kappa shape index (κ2) is 5.71. The zero-order chi connectivity index (χ0) is 14.0. The molecule has 1 atom stereocenters. The molecule has 0 aromatic heterocycles. The fourth-order valence-electron chi connectivity index (χ4n) is 1.74. The average molecular weight is 296 g/mol. The van der Waals surface area contributed by atoms with Gasteiger partial charge in [0, 0.05) is 11.3 Å². The van der Waals surface area contributed by atoms with Crippen LogP contribution in [0.2, 0.25) is 0 Å². The number of esters is 1. The number of ether oxygens (including phenoxy) is 1. The van der Waals surface area contributed by atoms with E-state index in [0.29, 0.717) is 27.4 Å². The summed E-state index contributed by atoms with van der Waals surface area (Å²) in [5.41, 5.74) is 1.70. The number of benzene rings is 1. The number of methoxy groups -OCH3 is 1. The summed E-state index contributed by atoms with van der Waals surface area (Å²) in [5.74, 6) is -0.108. The number of Topliss-reactive ketones (excluding diaryl/α,β-unsaturated/α-hetero) is 1. The van der Waals surface area contributed by atoms with Crippen molar-refractivity contribution in [2.24, 2.45) is 0 Å². The maximum Gasteiger partial charge on any atom is 0.335 e. The summed E-state index contributed by atoms with van der Waals surface area (Å²) >= 11 is 0. The third kappa shape index (κ3) is 2.79. The molecule has 1 aliphatic heterocycles. The van der Waals surface area contributed by atoms with Crippen LogP contribution in [0.1, 0.15) is 22.8 Å². The smallest absolute Gasteiger partial charge is 0.335 e. The Bertz CT molecular complexity index is 587. The Kier molecular flexibility index (Phi) is 4.21. The molecule has 0 aliphatic carbocycles. The molecular weight excluding hydrogens is 284 g/mol. The molecule has 0 saturated heterocycles. The van der Waals surface area contributed by atoms with Crippen LogP contribution in [0.25, 0.3) is 4.91 Å². The fraction of sp³-hybridized carbons (Fsp3) is 0.231. The lowest BCUT2D eigenvalue weighted by Gasteiger charge is -2.05. The third-order valence-corrected chi connectivity index (χ3v) is 5.67. The second-order valence-corrected chi connectivity index (χ2v) is 6.95. The van der Waals surface area contributed by atoms with Gasteiger partial charge in [-0.1, -0.05) is 35.1 Å². The normalized spacial score (nSPS) is 18.5. The van der Waals surface area contributed by atoms with Gasteiger partial charge in [0.05, 0.1) is 17.6 Å². The van der Waals surface area contributed by atoms with Crippen molar-refractivity contribution in [1.29, 1.82) is 0 Å². The minimum absolute atomic E-state index is 0.0318. The van der Waals surface area contributed by atoms with E-state index < -0.39 is 15.8 Å². The fourth-order valence-corrected chi connectivity index (χ4v) is 4.74. The van der Waals surface area contributed by atoms with E-state index in [1.807, 2.05) is 0 Å². The van der Waals surface area contributed by atoms with Crippen LogP contribution >= 0.6 is 10.8 Å². The van der Waals surface area contributed by atoms with Gasteiger partial charge in [-0.2, -0.15) is 0 Å². The standard InChI is InChI=1S/C13H12O4S2/c1-8(14)9-3-5-10(6-4-9)12-11(13(15)17-2)7-18-19(12)16/h3-6H,7H2,1-2H3. The third-order valence-electron chi connectivity index (χ3n) is 2.74. The molecule has 100 valence electrons. The van der Waals surface area contributed by atoms with E-state index in [1.54, 1.807) is 24.3 Å². The highest BCUT2D eigenvalue weighted by Crippen LogP contribution is 2.38. The first-order valence-corrected chi connectivity index (χ1v) is 8.17. The van der Waals surface area contributed by atoms with Crippen molar-refractivity contribution in [3.8, 4) is 0 Å². The highest BCUT2D eigenvalue weighted by Gasteiger charge is 2.29. The van der Waals surface area contributed by atoms with Crippen LogP contribution in [0.5, 0.6) is 0 Å². The zero-order valence-electron chi connectivity index (χ0n) is 10.5. The summed E-state index contributed by atoms with van der Waals surface area (Å²) in [6.07, 6.45) is 0. The monoisotopic (exact) mass is 296 g/mol. The van der Waals surface area contributed by atoms with Crippen molar-refractivity contribution < 1.29 is 18.5 Å². The van der Waals surface area contributed by atoms with Gasteiger partial charge in [0.25, 0.3) is 0 Å². The van der Waals surface area contributed by atoms with Gasteiger partial charge in [0.1, 0.15) is 9.83 Å². The van der Waals surface area contributed by atoms with E-state index in [2.05, 4.69) is 0 Å². The van der Waals surface area contributed by atoms with Gasteiger partial charge in [0.15, 0.2) is 5.78 Å². The summed E-state index contributed by atoms with van der Waals surface area (Å²) in [6, 6.07) is 6.75. The average Bonchev–Trinajstić information content (AvgIpc) is 2.80. The van der Waals surface area contributed by atoms with Gasteiger partial charge in [-0.05, 0) is 12.5 Å². The van der Waals surface area contributed by atoms with Crippen LogP contribution in [0.4, 0.5) is 0 Å². The predicted molar refractivity (Wildman–Crippen MR) is 76.0 cm³/mol. The van der Waals surface area contributed by atoms with E-state index >= 15 is 0 Å². The van der Waals surface area contributed by atoms with Crippen LogP contribution in [-0.2, 0) is 19.4 Å². The molecular formula is C13H12O4S2. The van der Waals surface area contributed by atoms with Crippen molar-refractivity contribution >= 4 is 37.3 Å². The number of carbonyl (C=O) groups is 2. The Hall–Kier alpha value is -1.40. The number of hydrogen-bond donors (Lipinski definition) is 0. The van der Waals surface area contributed by atoms with Gasteiger partial charge in [-0.25, -0.2) is 9.00 Å². The second-order valence-electron chi connectivity index (χ2n) is 3.93. The Balaban J connectivity index is 2.45. The molecule has 0 fully saturated rings. The van der Waals surface area contributed by atoms with Gasteiger partial charge in [-0.3, -0.25) is 4.79 Å². The molecule has 2 rings (SSSR count). The Morgan fingerprint density at radius 2 is 1.89 bits per heavy atom. The number of carbonyl (C=O) groups excluding carboxylic acids is 2. The minimum Gasteiger partial charge on any atom is -0.466 e. The molecule has 0 spiro atoms. The van der Waals surface area contributed by atoms with E-state index in [9.17, 15) is 13.8 Å². The molecule has 0 amide bonds. The summed E-state index contributed by atoms with van der Waals surface area (Å²) in [5, 5.41) is 0. The topological polar surface area (TPSA) is 60.4 Å². The molecule has 0 saturated carbocycles. The molecule has 0 N–H and O–H groups in total. The molecule has 4 nitrogen and oxygen atoms in total. The van der Waals surface area contributed by atoms with Gasteiger partial charge in [-0.15, -0.1) is 0 Å². The lowest BCUT2D eigenvalue weighted by atomic mass is 10.1. The van der Waals surface area contributed by atoms with Crippen LogP contribution < -0.4 is 0 Å². The van der Waals surface area contributed by atoms with Crippen molar-refractivity contribution in [3.05, 3.63) is 41.0 Å². The van der Waals surface area contributed by atoms with Crippen molar-refractivity contribution in [3.63, 3.8) is 0 Å². The first kappa shape index (κ1) is 14.0. The van der Waals surface area contributed by atoms with Crippen LogP contribution in [0.3, 0.4) is 0 Å². The number of hydrogen-bond acceptors (Lipinski definition) is 5. The lowest BCUT2D eigenvalue weighted by molar-refractivity contribution is -0.135. The molecule has 1 unspecified atom stereocenters. The predicted octanol–water partition coefficient (Wildman–Crippen LogP) is 2.18. The van der Waals surface area contributed by atoms with Crippen LogP contribution in [0.15, 0.2) is 29.8 Å². The van der Waals surface area contributed by atoms with Crippen LogP contribution in [-0.4, -0.2) is 28.8 Å². The number of ketones is 1. The lowest BCUT2D eigenvalue weighted by Crippen LogP contribution is -2.06. The van der Waals surface area contributed by atoms with E-state index in [-0.39, 0.29) is 5.78 Å². The molecule has 0 bridgehead atoms. The molecule has 1 aliphatic rings. The van der Waals surface area contributed by atoms with Crippen molar-refractivity contribution in [1.82, 2.24) is 0 Å². The van der Waals surface area contributed by atoms with Gasteiger partial charge in [0.2, 0.25) is 0 Å². The van der Waals surface area contributed by atoms with Crippen LogP contribution in [0, 0.1) is 0 Å². The SMILES string of the molecule is COC(=O)C1=C(c2ccc(C(C)=O)cc2)S(=O)SC1. The summed E-state index contributed by atoms with van der Waals surface area (Å²) in [7, 11) is 1.23. The minimum atomic E-state index is -1.27. The quantitative estimate of drug-likeness (QED) is 0.486. The molecule has 19 heavy (non-hydrogen) atoms. The first-order valence-electron chi connectivity index (χ1n) is 5.52. The Labute approximate surface area is 117 Å². The Morgan fingerprint density at radius 3 is 2.42 bits per heavy atom. The molecule has 1 aromatic rings. The van der Waals surface area contributed by atoms with Crippen molar-refractivity contribution in [2.45, 2.75) is 6.92 Å². The zero-order valence-corrected chi connectivity index (χ0v) is 12.1. The summed E-state index contributed by atoms with van der Waals surface area (Å²) in [4.78, 5) is 23.3. The largest absolute Gasteiger partial charge is 0.466 e. The van der Waals surface area contributed by atoms with Gasteiger partial charge < -0.3 is 4.74 Å². The molecule has 1 aromatic carbocycles. The Morgan fingerprint density at radius 1 is 1.26 bits per heavy atom. The van der Waals surface area contributed by atoms with E-state index in [4.69, 9.17) is 4.74 Å². The van der Waals surface area contributed by atoms with Gasteiger partial charge >= 0.3 is 5.97 Å². The highest BCUT2D eigenvalue weighted by atomic mass is 33.1. The maximum absolute atomic E-state index is 12.0. The number of rotatable bonds is 3. The van der Waals surface area contributed by atoms with Crippen molar-refractivity contribution in [2.75, 3.05) is 12.9 Å². The van der Waals surface area contributed by atoms with E-state index in [1.165, 1.54) is 24.8 Å². The molecule has 1 heterocycles. The van der Waals surface area contributed by atoms with E-state index in [0.717, 1.165) is 0 Å². The first-order chi connectivity index (χ1) is 9.04. The molecule has 0 radical (unpaired) electrons.